The third kappa shape index (κ3) is 4.65. The number of carbonyl (C=O) groups excluding carboxylic acids is 1. The molecule has 7 heteroatoms. The maximum Gasteiger partial charge on any atom is 0.235 e. The van der Waals surface area contributed by atoms with Crippen molar-refractivity contribution in [3.05, 3.63) is 71.5 Å². The molecule has 3 aromatic rings. The molecule has 0 radical (unpaired) electrons. The zero-order valence-corrected chi connectivity index (χ0v) is 15.9. The van der Waals surface area contributed by atoms with E-state index in [9.17, 15) is 4.79 Å². The Morgan fingerprint density at radius 3 is 2.54 bits per heavy atom. The highest BCUT2D eigenvalue weighted by Gasteiger charge is 2.15. The van der Waals surface area contributed by atoms with Crippen molar-refractivity contribution in [2.45, 2.75) is 24.4 Å². The number of benzene rings is 2. The largest absolute Gasteiger partial charge is 0.348 e. The Bertz CT molecular complexity index is 865. The molecule has 1 heterocycles. The Labute approximate surface area is 161 Å². The zero-order chi connectivity index (χ0) is 18.4. The highest BCUT2D eigenvalue weighted by molar-refractivity contribution is 7.98. The van der Waals surface area contributed by atoms with Crippen molar-refractivity contribution in [3.8, 4) is 5.69 Å². The van der Waals surface area contributed by atoms with Gasteiger partial charge in [-0.25, -0.2) is 0 Å². The van der Waals surface area contributed by atoms with Gasteiger partial charge in [0.1, 0.15) is 5.88 Å². The minimum Gasteiger partial charge on any atom is -0.348 e. The van der Waals surface area contributed by atoms with Crippen LogP contribution in [0.4, 0.5) is 0 Å². The lowest BCUT2D eigenvalue weighted by Crippen LogP contribution is -2.25. The van der Waals surface area contributed by atoms with E-state index < -0.39 is 0 Å². The molecule has 0 aliphatic carbocycles. The number of nitrogens with one attached hydrogen (secondary N) is 1. The molecule has 1 amide bonds. The molecule has 0 saturated heterocycles. The van der Waals surface area contributed by atoms with Gasteiger partial charge >= 0.3 is 0 Å². The minimum absolute atomic E-state index is 0.0751. The van der Waals surface area contributed by atoms with Gasteiger partial charge in [0.05, 0.1) is 6.54 Å². The molecule has 134 valence electrons. The van der Waals surface area contributed by atoms with Crippen LogP contribution in [0.2, 0.25) is 0 Å². The van der Waals surface area contributed by atoms with E-state index in [1.165, 1.54) is 11.1 Å². The molecule has 0 spiro atoms. The summed E-state index contributed by atoms with van der Waals surface area (Å²) in [7, 11) is 0. The number of rotatable bonds is 7. The Morgan fingerprint density at radius 2 is 1.85 bits per heavy atom. The number of carbonyl (C=O) groups is 1. The Hall–Kier alpha value is -2.31. The second-order valence-electron chi connectivity index (χ2n) is 5.75. The summed E-state index contributed by atoms with van der Waals surface area (Å²) in [6.07, 6.45) is 0. The fourth-order valence-corrected chi connectivity index (χ4v) is 3.43. The zero-order valence-electron chi connectivity index (χ0n) is 14.4. The first-order valence-corrected chi connectivity index (χ1v) is 9.70. The van der Waals surface area contributed by atoms with Gasteiger partial charge in [0.15, 0.2) is 11.0 Å². The number of nitrogens with zero attached hydrogens (tertiary/aromatic N) is 3. The standard InChI is InChI=1S/C19H19ClN4OS/c1-14-7-9-16(10-8-14)24-17(12-21-18(25)11-20)22-23-19(24)26-13-15-5-3-2-4-6-15/h2-10H,11-13H2,1H3,(H,21,25). The van der Waals surface area contributed by atoms with E-state index in [1.54, 1.807) is 11.8 Å². The summed E-state index contributed by atoms with van der Waals surface area (Å²) < 4.78 is 1.97. The lowest BCUT2D eigenvalue weighted by Gasteiger charge is -2.11. The molecule has 1 N–H and O–H groups in total. The van der Waals surface area contributed by atoms with Crippen LogP contribution >= 0.6 is 23.4 Å². The van der Waals surface area contributed by atoms with Gasteiger partial charge in [0.25, 0.3) is 0 Å². The van der Waals surface area contributed by atoms with Crippen LogP contribution < -0.4 is 5.32 Å². The third-order valence-corrected chi connectivity index (χ3v) is 5.01. The van der Waals surface area contributed by atoms with Crippen molar-refractivity contribution in [2.24, 2.45) is 0 Å². The van der Waals surface area contributed by atoms with Crippen molar-refractivity contribution in [1.82, 2.24) is 20.1 Å². The van der Waals surface area contributed by atoms with Crippen LogP contribution in [0.3, 0.4) is 0 Å². The molecule has 0 aliphatic heterocycles. The van der Waals surface area contributed by atoms with Gasteiger partial charge in [-0.05, 0) is 24.6 Å². The summed E-state index contributed by atoms with van der Waals surface area (Å²) in [6.45, 7) is 2.32. The fourth-order valence-electron chi connectivity index (χ4n) is 2.41. The van der Waals surface area contributed by atoms with E-state index in [2.05, 4.69) is 27.6 Å². The molecule has 2 aromatic carbocycles. The first-order chi connectivity index (χ1) is 12.7. The molecule has 0 unspecified atom stereocenters. The molecule has 0 bridgehead atoms. The van der Waals surface area contributed by atoms with Crippen molar-refractivity contribution in [2.75, 3.05) is 5.88 Å². The molecule has 0 atom stereocenters. The molecule has 0 saturated carbocycles. The van der Waals surface area contributed by atoms with Crippen molar-refractivity contribution >= 4 is 29.3 Å². The molecule has 5 nitrogen and oxygen atoms in total. The van der Waals surface area contributed by atoms with E-state index in [0.717, 1.165) is 16.6 Å². The van der Waals surface area contributed by atoms with Crippen LogP contribution in [0.15, 0.2) is 59.8 Å². The molecule has 1 aromatic heterocycles. The van der Waals surface area contributed by atoms with Gasteiger partial charge in [0, 0.05) is 11.4 Å². The summed E-state index contributed by atoms with van der Waals surface area (Å²) >= 11 is 7.17. The second-order valence-corrected chi connectivity index (χ2v) is 6.96. The topological polar surface area (TPSA) is 59.8 Å². The highest BCUT2D eigenvalue weighted by Crippen LogP contribution is 2.25. The van der Waals surface area contributed by atoms with Crippen LogP contribution in [0.25, 0.3) is 5.69 Å². The number of aromatic nitrogens is 3. The normalized spacial score (nSPS) is 10.7. The van der Waals surface area contributed by atoms with Gasteiger partial charge in [-0.2, -0.15) is 0 Å². The summed E-state index contributed by atoms with van der Waals surface area (Å²) in [5.74, 6) is 1.15. The van der Waals surface area contributed by atoms with E-state index >= 15 is 0 Å². The number of aryl methyl sites for hydroxylation is 1. The average Bonchev–Trinajstić information content (AvgIpc) is 3.08. The minimum atomic E-state index is -0.233. The SMILES string of the molecule is Cc1ccc(-n2c(CNC(=O)CCl)nnc2SCc2ccccc2)cc1. The molecular weight excluding hydrogens is 368 g/mol. The van der Waals surface area contributed by atoms with Gasteiger partial charge in [-0.1, -0.05) is 59.8 Å². The summed E-state index contributed by atoms with van der Waals surface area (Å²) in [4.78, 5) is 11.5. The molecule has 26 heavy (non-hydrogen) atoms. The van der Waals surface area contributed by atoms with Crippen molar-refractivity contribution < 1.29 is 4.79 Å². The van der Waals surface area contributed by atoms with Crippen molar-refractivity contribution in [3.63, 3.8) is 0 Å². The number of hydrogen-bond acceptors (Lipinski definition) is 4. The lowest BCUT2D eigenvalue weighted by molar-refractivity contribution is -0.118. The quantitative estimate of drug-likeness (QED) is 0.496. The molecule has 0 aliphatic rings. The monoisotopic (exact) mass is 386 g/mol. The van der Waals surface area contributed by atoms with Crippen LogP contribution in [0.5, 0.6) is 0 Å². The highest BCUT2D eigenvalue weighted by atomic mass is 35.5. The first kappa shape index (κ1) is 18.5. The second kappa shape index (κ2) is 8.87. The third-order valence-electron chi connectivity index (χ3n) is 3.77. The number of amides is 1. The maximum absolute atomic E-state index is 11.5. The number of halogens is 1. The van der Waals surface area contributed by atoms with E-state index in [4.69, 9.17) is 11.6 Å². The van der Waals surface area contributed by atoms with Crippen LogP contribution in [-0.4, -0.2) is 26.6 Å². The predicted octanol–water partition coefficient (Wildman–Crippen LogP) is 3.72. The van der Waals surface area contributed by atoms with Gasteiger partial charge in [-0.15, -0.1) is 21.8 Å². The van der Waals surface area contributed by atoms with Gasteiger partial charge < -0.3 is 5.32 Å². The van der Waals surface area contributed by atoms with Crippen LogP contribution in [0.1, 0.15) is 17.0 Å². The van der Waals surface area contributed by atoms with Crippen LogP contribution in [-0.2, 0) is 17.1 Å². The summed E-state index contributed by atoms with van der Waals surface area (Å²) in [6, 6.07) is 18.4. The summed E-state index contributed by atoms with van der Waals surface area (Å²) in [5, 5.41) is 12.1. The Balaban J connectivity index is 1.86. The van der Waals surface area contributed by atoms with E-state index in [1.807, 2.05) is 54.0 Å². The maximum atomic E-state index is 11.5. The van der Waals surface area contributed by atoms with E-state index in [-0.39, 0.29) is 18.3 Å². The molecule has 0 fully saturated rings. The Kier molecular flexibility index (Phi) is 6.30. The molecule has 3 rings (SSSR count). The number of hydrogen-bond donors (Lipinski definition) is 1. The number of thioether (sulfide) groups is 1. The van der Waals surface area contributed by atoms with Crippen LogP contribution in [0, 0.1) is 6.92 Å². The lowest BCUT2D eigenvalue weighted by atomic mass is 10.2. The van der Waals surface area contributed by atoms with E-state index in [0.29, 0.717) is 5.82 Å². The predicted molar refractivity (Wildman–Crippen MR) is 105 cm³/mol. The fraction of sp³-hybridized carbons (Fsp3) is 0.211. The average molecular weight is 387 g/mol. The Morgan fingerprint density at radius 1 is 1.12 bits per heavy atom. The van der Waals surface area contributed by atoms with Crippen molar-refractivity contribution in [1.29, 1.82) is 0 Å². The number of alkyl halides is 1. The molecular formula is C19H19ClN4OS. The smallest absolute Gasteiger partial charge is 0.235 e. The summed E-state index contributed by atoms with van der Waals surface area (Å²) in [5.41, 5.74) is 3.36. The first-order valence-electron chi connectivity index (χ1n) is 8.18. The van der Waals surface area contributed by atoms with Gasteiger partial charge in [-0.3, -0.25) is 9.36 Å². The van der Waals surface area contributed by atoms with Gasteiger partial charge in [0.2, 0.25) is 5.91 Å².